The van der Waals surface area contributed by atoms with Gasteiger partial charge in [-0.25, -0.2) is 0 Å². The van der Waals surface area contributed by atoms with Crippen molar-refractivity contribution in [2.75, 3.05) is 19.5 Å². The summed E-state index contributed by atoms with van der Waals surface area (Å²) in [5, 5.41) is 10.2. The molecule has 27 heavy (non-hydrogen) atoms. The fourth-order valence-corrected chi connectivity index (χ4v) is 4.08. The van der Waals surface area contributed by atoms with Gasteiger partial charge < -0.3 is 9.47 Å². The molecule has 1 heterocycles. The van der Waals surface area contributed by atoms with Crippen LogP contribution in [0, 0.1) is 11.3 Å². The van der Waals surface area contributed by atoms with Crippen molar-refractivity contribution in [1.82, 2.24) is 4.37 Å². The van der Waals surface area contributed by atoms with E-state index >= 15 is 0 Å². The lowest BCUT2D eigenvalue weighted by Gasteiger charge is -2.08. The van der Waals surface area contributed by atoms with Gasteiger partial charge in [-0.05, 0) is 72.6 Å². The minimum absolute atomic E-state index is 0.651. The molecule has 3 rings (SSSR count). The summed E-state index contributed by atoms with van der Waals surface area (Å²) in [6, 6.07) is 19.9. The number of hydrogen-bond acceptors (Lipinski definition) is 6. The Morgan fingerprint density at radius 3 is 2.19 bits per heavy atom. The molecule has 2 aromatic carbocycles. The summed E-state index contributed by atoms with van der Waals surface area (Å²) in [6.45, 7) is 1.34. The van der Waals surface area contributed by atoms with Crippen LogP contribution in [0.5, 0.6) is 11.5 Å². The number of aromatic nitrogens is 1. The van der Waals surface area contributed by atoms with Crippen LogP contribution in [0.3, 0.4) is 0 Å². The van der Waals surface area contributed by atoms with Gasteiger partial charge in [0.25, 0.3) is 0 Å². The minimum atomic E-state index is 0.651. The highest BCUT2D eigenvalue weighted by atomic mass is 32.2. The molecular weight excluding hydrogens is 376 g/mol. The Hall–Kier alpha value is -2.49. The quantitative estimate of drug-likeness (QED) is 0.346. The summed E-state index contributed by atoms with van der Waals surface area (Å²) in [5.74, 6) is 1.73. The zero-order chi connectivity index (χ0) is 18.9. The molecule has 0 N–H and O–H groups in total. The van der Waals surface area contributed by atoms with Crippen molar-refractivity contribution in [3.63, 3.8) is 0 Å². The summed E-state index contributed by atoms with van der Waals surface area (Å²) in [6.07, 6.45) is 3.80. The number of para-hydroxylation sites is 1. The molecule has 0 saturated heterocycles. The first-order valence-electron chi connectivity index (χ1n) is 8.66. The number of unbranched alkanes of at least 4 members (excludes halogenated alkanes) is 1. The topological polar surface area (TPSA) is 55.1 Å². The van der Waals surface area contributed by atoms with Gasteiger partial charge in [-0.3, -0.25) is 0 Å². The average Bonchev–Trinajstić information content (AvgIpc) is 3.15. The van der Waals surface area contributed by atoms with Crippen LogP contribution in [0.15, 0.2) is 59.6 Å². The summed E-state index contributed by atoms with van der Waals surface area (Å²) >= 11 is 2.86. The number of hydrogen-bond donors (Lipinski definition) is 0. The van der Waals surface area contributed by atoms with Crippen LogP contribution in [0.25, 0.3) is 10.4 Å². The third-order valence-electron chi connectivity index (χ3n) is 3.90. The van der Waals surface area contributed by atoms with Crippen molar-refractivity contribution in [3.05, 3.63) is 60.2 Å². The van der Waals surface area contributed by atoms with Crippen LogP contribution in [-0.4, -0.2) is 23.8 Å². The lowest BCUT2D eigenvalue weighted by Crippen LogP contribution is -2.02. The molecule has 4 nitrogen and oxygen atoms in total. The normalized spacial score (nSPS) is 10.4. The maximum absolute atomic E-state index is 9.36. The third kappa shape index (κ3) is 5.25. The Bertz CT molecular complexity index is 887. The number of rotatable bonds is 9. The van der Waals surface area contributed by atoms with Crippen molar-refractivity contribution in [3.8, 4) is 28.0 Å². The largest absolute Gasteiger partial charge is 0.494 e. The molecule has 6 heteroatoms. The van der Waals surface area contributed by atoms with Crippen molar-refractivity contribution < 1.29 is 9.47 Å². The van der Waals surface area contributed by atoms with E-state index in [9.17, 15) is 5.26 Å². The van der Waals surface area contributed by atoms with E-state index in [1.807, 2.05) is 60.9 Å². The fourth-order valence-electron chi connectivity index (χ4n) is 2.51. The zero-order valence-electron chi connectivity index (χ0n) is 15.1. The van der Waals surface area contributed by atoms with E-state index in [-0.39, 0.29) is 0 Å². The predicted molar refractivity (Wildman–Crippen MR) is 111 cm³/mol. The van der Waals surface area contributed by atoms with E-state index in [0.29, 0.717) is 18.8 Å². The summed E-state index contributed by atoms with van der Waals surface area (Å²) in [7, 11) is 0. The Labute approximate surface area is 167 Å². The standard InChI is InChI=1S/C21H20N2O2S2/c1-26-21-19(15-22)20(27-23-21)16-9-11-18(12-10-16)25-14-6-5-13-24-17-7-3-2-4-8-17/h2-4,7-12H,5-6,13-14H2,1H3. The molecule has 0 unspecified atom stereocenters. The van der Waals surface area contributed by atoms with Crippen LogP contribution >= 0.6 is 23.3 Å². The molecule has 0 amide bonds. The number of benzene rings is 2. The molecule has 0 aliphatic heterocycles. The van der Waals surface area contributed by atoms with Crippen molar-refractivity contribution in [2.24, 2.45) is 0 Å². The monoisotopic (exact) mass is 396 g/mol. The Kier molecular flexibility index (Phi) is 7.14. The Morgan fingerprint density at radius 1 is 0.963 bits per heavy atom. The molecule has 0 radical (unpaired) electrons. The highest BCUT2D eigenvalue weighted by molar-refractivity contribution is 7.98. The second kappa shape index (κ2) is 10.0. The van der Waals surface area contributed by atoms with Gasteiger partial charge in [-0.1, -0.05) is 18.2 Å². The molecule has 138 valence electrons. The fraction of sp³-hybridized carbons (Fsp3) is 0.238. The van der Waals surface area contributed by atoms with Gasteiger partial charge in [0, 0.05) is 0 Å². The van der Waals surface area contributed by atoms with Gasteiger partial charge in [-0.15, -0.1) is 11.8 Å². The van der Waals surface area contributed by atoms with Gasteiger partial charge in [0.15, 0.2) is 0 Å². The highest BCUT2D eigenvalue weighted by Gasteiger charge is 2.14. The number of ether oxygens (including phenoxy) is 2. The van der Waals surface area contributed by atoms with E-state index < -0.39 is 0 Å². The Morgan fingerprint density at radius 2 is 1.59 bits per heavy atom. The smallest absolute Gasteiger partial charge is 0.128 e. The van der Waals surface area contributed by atoms with Gasteiger partial charge in [0.1, 0.15) is 28.2 Å². The summed E-state index contributed by atoms with van der Waals surface area (Å²) in [5.41, 5.74) is 1.65. The molecule has 3 aromatic rings. The number of nitrogens with zero attached hydrogens (tertiary/aromatic N) is 2. The van der Waals surface area contributed by atoms with Crippen LogP contribution in [0.4, 0.5) is 0 Å². The van der Waals surface area contributed by atoms with E-state index in [0.717, 1.165) is 39.8 Å². The highest BCUT2D eigenvalue weighted by Crippen LogP contribution is 2.34. The molecule has 0 aliphatic rings. The molecule has 1 aromatic heterocycles. The van der Waals surface area contributed by atoms with Crippen LogP contribution in [-0.2, 0) is 0 Å². The number of thioether (sulfide) groups is 1. The van der Waals surface area contributed by atoms with Gasteiger partial charge >= 0.3 is 0 Å². The second-order valence-electron chi connectivity index (χ2n) is 5.75. The van der Waals surface area contributed by atoms with E-state index in [2.05, 4.69) is 10.4 Å². The first kappa shape index (κ1) is 19.3. The molecule has 0 atom stereocenters. The van der Waals surface area contributed by atoms with Crippen molar-refractivity contribution >= 4 is 23.3 Å². The SMILES string of the molecule is CSc1nsc(-c2ccc(OCCCCOc3ccccc3)cc2)c1C#N. The van der Waals surface area contributed by atoms with E-state index in [1.54, 1.807) is 0 Å². The molecule has 0 spiro atoms. The molecule has 0 saturated carbocycles. The lowest BCUT2D eigenvalue weighted by atomic mass is 10.1. The average molecular weight is 397 g/mol. The lowest BCUT2D eigenvalue weighted by molar-refractivity contribution is 0.266. The van der Waals surface area contributed by atoms with E-state index in [1.165, 1.54) is 23.3 Å². The van der Waals surface area contributed by atoms with Crippen LogP contribution in [0.1, 0.15) is 18.4 Å². The third-order valence-corrected chi connectivity index (χ3v) is 5.60. The minimum Gasteiger partial charge on any atom is -0.494 e. The molecule has 0 fully saturated rings. The second-order valence-corrected chi connectivity index (χ2v) is 7.32. The van der Waals surface area contributed by atoms with Crippen LogP contribution in [0.2, 0.25) is 0 Å². The zero-order valence-corrected chi connectivity index (χ0v) is 16.7. The molecule has 0 bridgehead atoms. The first-order chi connectivity index (χ1) is 13.3. The summed E-state index contributed by atoms with van der Waals surface area (Å²) in [4.78, 5) is 0.909. The van der Waals surface area contributed by atoms with Gasteiger partial charge in [-0.2, -0.15) is 9.64 Å². The first-order valence-corrected chi connectivity index (χ1v) is 10.7. The number of nitriles is 1. The molecular formula is C21H20N2O2S2. The Balaban J connectivity index is 1.44. The predicted octanol–water partition coefficient (Wildman–Crippen LogP) is 5.64. The maximum Gasteiger partial charge on any atom is 0.128 e. The van der Waals surface area contributed by atoms with Gasteiger partial charge in [0.05, 0.1) is 18.1 Å². The van der Waals surface area contributed by atoms with E-state index in [4.69, 9.17) is 9.47 Å². The van der Waals surface area contributed by atoms with Crippen LogP contribution < -0.4 is 9.47 Å². The molecule has 0 aliphatic carbocycles. The van der Waals surface area contributed by atoms with Crippen molar-refractivity contribution in [1.29, 1.82) is 5.26 Å². The van der Waals surface area contributed by atoms with Gasteiger partial charge in [0.2, 0.25) is 0 Å². The van der Waals surface area contributed by atoms with Crippen molar-refractivity contribution in [2.45, 2.75) is 17.9 Å². The maximum atomic E-state index is 9.36. The summed E-state index contributed by atoms with van der Waals surface area (Å²) < 4.78 is 15.8.